The van der Waals surface area contributed by atoms with Crippen LogP contribution < -0.4 is 0 Å². The van der Waals surface area contributed by atoms with Crippen molar-refractivity contribution in [1.82, 2.24) is 9.97 Å². The summed E-state index contributed by atoms with van der Waals surface area (Å²) in [4.78, 5) is 8.38. The number of thioether (sulfide) groups is 1. The molecule has 1 aromatic heterocycles. The Balaban J connectivity index is 2.22. The van der Waals surface area contributed by atoms with E-state index in [4.69, 9.17) is 5.21 Å². The number of rotatable bonds is 4. The van der Waals surface area contributed by atoms with Gasteiger partial charge in [-0.3, -0.25) is 0 Å². The van der Waals surface area contributed by atoms with Crippen LogP contribution in [0.4, 0.5) is 4.39 Å². The molecule has 1 heterocycles. The molecule has 6 heteroatoms. The summed E-state index contributed by atoms with van der Waals surface area (Å²) in [6.45, 7) is 0. The molecular weight excluding hydrogens is 265 g/mol. The van der Waals surface area contributed by atoms with Gasteiger partial charge in [-0.1, -0.05) is 29.1 Å². The molecule has 1 N–H and O–H groups in total. The second kappa shape index (κ2) is 6.29. The molecule has 0 bridgehead atoms. The lowest BCUT2D eigenvalue weighted by atomic mass is 10.1. The molecule has 98 valence electrons. The van der Waals surface area contributed by atoms with Crippen molar-refractivity contribution in [1.29, 1.82) is 0 Å². The van der Waals surface area contributed by atoms with E-state index < -0.39 is 0 Å². The molecule has 0 saturated carbocycles. The summed E-state index contributed by atoms with van der Waals surface area (Å²) >= 11 is 1.44. The maximum Gasteiger partial charge on any atom is 0.187 e. The highest BCUT2D eigenvalue weighted by atomic mass is 32.2. The van der Waals surface area contributed by atoms with E-state index in [0.29, 0.717) is 22.9 Å². The summed E-state index contributed by atoms with van der Waals surface area (Å²) < 4.78 is 12.9. The van der Waals surface area contributed by atoms with Crippen LogP contribution in [0.25, 0.3) is 0 Å². The van der Waals surface area contributed by atoms with Gasteiger partial charge in [0.1, 0.15) is 5.82 Å². The van der Waals surface area contributed by atoms with Gasteiger partial charge in [0.2, 0.25) is 0 Å². The van der Waals surface area contributed by atoms with Gasteiger partial charge in [0.25, 0.3) is 0 Å². The highest BCUT2D eigenvalue weighted by Gasteiger charge is 2.08. The van der Waals surface area contributed by atoms with Crippen LogP contribution in [0.2, 0.25) is 0 Å². The molecule has 0 fully saturated rings. The Bertz CT molecular complexity index is 587. The molecule has 19 heavy (non-hydrogen) atoms. The van der Waals surface area contributed by atoms with Crippen LogP contribution in [0.5, 0.6) is 0 Å². The fraction of sp³-hybridized carbons (Fsp3) is 0.154. The first kappa shape index (κ1) is 13.5. The standard InChI is InChI=1S/C13H12FN3OS/c1-19-13-15-7-6-11(16-13)8-12(17-18)9-2-4-10(14)5-3-9/h2-7,18H,8H2,1H3/b17-12-. The molecule has 1 aromatic carbocycles. The predicted molar refractivity (Wildman–Crippen MR) is 72.2 cm³/mol. The van der Waals surface area contributed by atoms with Gasteiger partial charge in [-0.15, -0.1) is 0 Å². The van der Waals surface area contributed by atoms with E-state index in [-0.39, 0.29) is 5.82 Å². The van der Waals surface area contributed by atoms with Gasteiger partial charge in [0, 0.05) is 12.6 Å². The lowest BCUT2D eigenvalue weighted by Gasteiger charge is -2.05. The third-order valence-corrected chi connectivity index (χ3v) is 3.08. The number of nitrogens with zero attached hydrogens (tertiary/aromatic N) is 3. The summed E-state index contributed by atoms with van der Waals surface area (Å²) in [7, 11) is 0. The lowest BCUT2D eigenvalue weighted by molar-refractivity contribution is 0.318. The molecule has 0 aliphatic heterocycles. The van der Waals surface area contributed by atoms with Gasteiger partial charge in [0.15, 0.2) is 5.16 Å². The second-order valence-electron chi connectivity index (χ2n) is 3.77. The van der Waals surface area contributed by atoms with Crippen molar-refractivity contribution in [2.45, 2.75) is 11.6 Å². The highest BCUT2D eigenvalue weighted by Crippen LogP contribution is 2.11. The Kier molecular flexibility index (Phi) is 4.46. The lowest BCUT2D eigenvalue weighted by Crippen LogP contribution is -2.07. The molecule has 2 rings (SSSR count). The highest BCUT2D eigenvalue weighted by molar-refractivity contribution is 7.98. The largest absolute Gasteiger partial charge is 0.411 e. The van der Waals surface area contributed by atoms with Gasteiger partial charge in [-0.2, -0.15) is 0 Å². The van der Waals surface area contributed by atoms with Gasteiger partial charge in [0.05, 0.1) is 11.4 Å². The third kappa shape index (κ3) is 3.51. The van der Waals surface area contributed by atoms with Crippen LogP contribution in [0, 0.1) is 5.82 Å². The minimum absolute atomic E-state index is 0.326. The Hall–Kier alpha value is -1.95. The van der Waals surface area contributed by atoms with Crippen LogP contribution >= 0.6 is 11.8 Å². The molecule has 0 aliphatic carbocycles. The predicted octanol–water partition coefficient (Wildman–Crippen LogP) is 2.76. The fourth-order valence-electron chi connectivity index (χ4n) is 1.58. The average Bonchev–Trinajstić information content (AvgIpc) is 2.46. The summed E-state index contributed by atoms with van der Waals surface area (Å²) in [5, 5.41) is 13.0. The molecule has 2 aromatic rings. The van der Waals surface area contributed by atoms with Gasteiger partial charge < -0.3 is 5.21 Å². The maximum atomic E-state index is 12.9. The van der Waals surface area contributed by atoms with Crippen molar-refractivity contribution in [3.8, 4) is 0 Å². The monoisotopic (exact) mass is 277 g/mol. The molecular formula is C13H12FN3OS. The molecule has 0 spiro atoms. The summed E-state index contributed by atoms with van der Waals surface area (Å²) in [5.41, 5.74) is 1.84. The Morgan fingerprint density at radius 2 is 2.05 bits per heavy atom. The van der Waals surface area contributed by atoms with Crippen LogP contribution in [-0.4, -0.2) is 27.1 Å². The molecule has 0 atom stereocenters. The molecule has 0 saturated heterocycles. The molecule has 0 amide bonds. The first-order valence-electron chi connectivity index (χ1n) is 5.55. The molecule has 0 radical (unpaired) electrons. The van der Waals surface area contributed by atoms with Crippen molar-refractivity contribution in [3.05, 3.63) is 53.6 Å². The number of aromatic nitrogens is 2. The maximum absolute atomic E-state index is 12.9. The number of hydrogen-bond acceptors (Lipinski definition) is 5. The topological polar surface area (TPSA) is 58.4 Å². The van der Waals surface area contributed by atoms with Crippen LogP contribution in [0.15, 0.2) is 46.8 Å². The quantitative estimate of drug-likeness (QED) is 0.307. The molecule has 0 aliphatic rings. The van der Waals surface area contributed by atoms with Crippen molar-refractivity contribution < 1.29 is 9.60 Å². The molecule has 4 nitrogen and oxygen atoms in total. The Labute approximate surface area is 114 Å². The SMILES string of the molecule is CSc1nccc(C/C(=N/O)c2ccc(F)cc2)n1. The third-order valence-electron chi connectivity index (χ3n) is 2.52. The smallest absolute Gasteiger partial charge is 0.187 e. The van der Waals surface area contributed by atoms with Gasteiger partial charge in [-0.05, 0) is 30.0 Å². The van der Waals surface area contributed by atoms with Crippen molar-refractivity contribution in [2.75, 3.05) is 6.26 Å². The minimum atomic E-state index is -0.326. The fourth-order valence-corrected chi connectivity index (χ4v) is 1.96. The van der Waals surface area contributed by atoms with Crippen molar-refractivity contribution in [2.24, 2.45) is 5.16 Å². The van der Waals surface area contributed by atoms with Crippen LogP contribution in [0.3, 0.4) is 0 Å². The van der Waals surface area contributed by atoms with E-state index >= 15 is 0 Å². The van der Waals surface area contributed by atoms with Crippen molar-refractivity contribution >= 4 is 17.5 Å². The summed E-state index contributed by atoms with van der Waals surface area (Å²) in [5.74, 6) is -0.326. The van der Waals surface area contributed by atoms with E-state index in [1.165, 1.54) is 23.9 Å². The van der Waals surface area contributed by atoms with E-state index in [9.17, 15) is 4.39 Å². The minimum Gasteiger partial charge on any atom is -0.411 e. The Morgan fingerprint density at radius 1 is 1.32 bits per heavy atom. The van der Waals surface area contributed by atoms with Gasteiger partial charge >= 0.3 is 0 Å². The van der Waals surface area contributed by atoms with E-state index in [2.05, 4.69) is 15.1 Å². The number of benzene rings is 1. The average molecular weight is 277 g/mol. The van der Waals surface area contributed by atoms with Crippen LogP contribution in [0.1, 0.15) is 11.3 Å². The molecule has 0 unspecified atom stereocenters. The van der Waals surface area contributed by atoms with Gasteiger partial charge in [-0.25, -0.2) is 14.4 Å². The first-order chi connectivity index (χ1) is 9.22. The van der Waals surface area contributed by atoms with E-state index in [0.717, 1.165) is 5.69 Å². The zero-order chi connectivity index (χ0) is 13.7. The van der Waals surface area contributed by atoms with E-state index in [1.54, 1.807) is 24.4 Å². The number of hydrogen-bond donors (Lipinski definition) is 1. The zero-order valence-electron chi connectivity index (χ0n) is 10.2. The van der Waals surface area contributed by atoms with Crippen LogP contribution in [-0.2, 0) is 6.42 Å². The normalized spacial score (nSPS) is 11.6. The van der Waals surface area contributed by atoms with Crippen molar-refractivity contribution in [3.63, 3.8) is 0 Å². The summed E-state index contributed by atoms with van der Waals surface area (Å²) in [6.07, 6.45) is 3.91. The number of halogens is 1. The summed E-state index contributed by atoms with van der Waals surface area (Å²) in [6, 6.07) is 7.55. The number of oxime groups is 1. The zero-order valence-corrected chi connectivity index (χ0v) is 11.1. The Morgan fingerprint density at radius 3 is 2.68 bits per heavy atom. The van der Waals surface area contributed by atoms with E-state index in [1.807, 2.05) is 6.26 Å². The second-order valence-corrected chi connectivity index (χ2v) is 4.54. The first-order valence-corrected chi connectivity index (χ1v) is 6.78.